The van der Waals surface area contributed by atoms with Gasteiger partial charge in [0.2, 0.25) is 0 Å². The molecule has 2 saturated heterocycles. The minimum absolute atomic E-state index is 0.686. The third-order valence-corrected chi connectivity index (χ3v) is 5.30. The number of piperidine rings is 1. The second-order valence-corrected chi connectivity index (χ2v) is 6.67. The summed E-state index contributed by atoms with van der Waals surface area (Å²) < 4.78 is 1.89. The molecule has 4 heterocycles. The number of benzene rings is 1. The van der Waals surface area contributed by atoms with Crippen molar-refractivity contribution in [3.05, 3.63) is 42.9 Å². The Labute approximate surface area is 140 Å². The van der Waals surface area contributed by atoms with Crippen molar-refractivity contribution in [1.82, 2.24) is 25.1 Å². The second kappa shape index (κ2) is 5.56. The van der Waals surface area contributed by atoms with Crippen LogP contribution in [0.15, 0.2) is 42.9 Å². The number of hydrogen-bond donors (Lipinski definition) is 1. The molecule has 1 N–H and O–H groups in total. The van der Waals surface area contributed by atoms with E-state index in [-0.39, 0.29) is 0 Å². The van der Waals surface area contributed by atoms with E-state index in [0.717, 1.165) is 48.1 Å². The van der Waals surface area contributed by atoms with Crippen LogP contribution in [0.5, 0.6) is 0 Å². The number of hydrogen-bond acceptors (Lipinski definition) is 5. The largest absolute Gasteiger partial charge is 0.356 e. The van der Waals surface area contributed by atoms with E-state index in [4.69, 9.17) is 0 Å². The van der Waals surface area contributed by atoms with Gasteiger partial charge in [-0.3, -0.25) is 0 Å². The monoisotopic (exact) mass is 320 g/mol. The number of anilines is 1. The van der Waals surface area contributed by atoms with Crippen LogP contribution >= 0.6 is 0 Å². The molecule has 0 spiro atoms. The normalized spacial score (nSPS) is 23.6. The van der Waals surface area contributed by atoms with Crippen LogP contribution < -0.4 is 10.2 Å². The van der Waals surface area contributed by atoms with E-state index >= 15 is 0 Å². The molecule has 1 aromatic carbocycles. The zero-order chi connectivity index (χ0) is 15.9. The van der Waals surface area contributed by atoms with Gasteiger partial charge in [0, 0.05) is 19.1 Å². The van der Waals surface area contributed by atoms with Crippen molar-refractivity contribution in [3.8, 4) is 5.69 Å². The topological polar surface area (TPSA) is 58.9 Å². The fourth-order valence-electron chi connectivity index (χ4n) is 4.08. The average Bonchev–Trinajstić information content (AvgIpc) is 3.28. The summed E-state index contributed by atoms with van der Waals surface area (Å²) in [6.07, 6.45) is 6.01. The maximum atomic E-state index is 4.59. The predicted molar refractivity (Wildman–Crippen MR) is 93.4 cm³/mol. The van der Waals surface area contributed by atoms with E-state index < -0.39 is 0 Å². The Morgan fingerprint density at radius 2 is 2.00 bits per heavy atom. The van der Waals surface area contributed by atoms with E-state index in [1.165, 1.54) is 12.8 Å². The van der Waals surface area contributed by atoms with Gasteiger partial charge in [0.1, 0.15) is 12.1 Å². The average molecular weight is 320 g/mol. The summed E-state index contributed by atoms with van der Waals surface area (Å²) in [7, 11) is 0. The van der Waals surface area contributed by atoms with Crippen molar-refractivity contribution in [2.24, 2.45) is 5.92 Å². The Bertz CT molecular complexity index is 858. The highest BCUT2D eigenvalue weighted by molar-refractivity contribution is 5.87. The summed E-state index contributed by atoms with van der Waals surface area (Å²) in [4.78, 5) is 11.5. The molecule has 0 saturated carbocycles. The summed E-state index contributed by atoms with van der Waals surface area (Å²) in [5.41, 5.74) is 1.90. The van der Waals surface area contributed by atoms with E-state index in [9.17, 15) is 0 Å². The van der Waals surface area contributed by atoms with Gasteiger partial charge in [0.05, 0.1) is 17.3 Å². The Kier molecular flexibility index (Phi) is 3.23. The standard InChI is InChI=1S/C18H20N6/c1-2-4-14(5-3-1)24-18-15(10-22-24)17(20-12-21-18)23-9-7-16-13(11-23)6-8-19-16/h1-5,10,12-13,16,19H,6-9,11H2. The zero-order valence-corrected chi connectivity index (χ0v) is 13.5. The molecular formula is C18H20N6. The molecule has 0 radical (unpaired) electrons. The molecule has 2 aliphatic rings. The molecule has 2 aliphatic heterocycles. The lowest BCUT2D eigenvalue weighted by molar-refractivity contribution is 0.375. The fourth-order valence-corrected chi connectivity index (χ4v) is 4.08. The highest BCUT2D eigenvalue weighted by Crippen LogP contribution is 2.31. The van der Waals surface area contributed by atoms with Crippen LogP contribution in [0.1, 0.15) is 12.8 Å². The van der Waals surface area contributed by atoms with Gasteiger partial charge in [-0.05, 0) is 37.4 Å². The lowest BCUT2D eigenvalue weighted by Gasteiger charge is -2.35. The van der Waals surface area contributed by atoms with E-state index in [1.54, 1.807) is 6.33 Å². The summed E-state index contributed by atoms with van der Waals surface area (Å²) in [5, 5.41) is 9.21. The first-order valence-electron chi connectivity index (χ1n) is 8.62. The molecular weight excluding hydrogens is 300 g/mol. The number of rotatable bonds is 2. The number of aromatic nitrogens is 4. The van der Waals surface area contributed by atoms with Crippen molar-refractivity contribution in [1.29, 1.82) is 0 Å². The molecule has 3 aromatic rings. The summed E-state index contributed by atoms with van der Waals surface area (Å²) in [5.74, 6) is 1.75. The Morgan fingerprint density at radius 1 is 1.08 bits per heavy atom. The highest BCUT2D eigenvalue weighted by Gasteiger charge is 2.33. The smallest absolute Gasteiger partial charge is 0.168 e. The quantitative estimate of drug-likeness (QED) is 0.783. The number of nitrogens with one attached hydrogen (secondary N) is 1. The zero-order valence-electron chi connectivity index (χ0n) is 13.5. The van der Waals surface area contributed by atoms with Gasteiger partial charge < -0.3 is 10.2 Å². The Balaban J connectivity index is 1.54. The minimum atomic E-state index is 0.686. The van der Waals surface area contributed by atoms with Crippen molar-refractivity contribution in [2.75, 3.05) is 24.5 Å². The Morgan fingerprint density at radius 3 is 2.92 bits per heavy atom. The fraction of sp³-hybridized carbons (Fsp3) is 0.389. The number of para-hydroxylation sites is 1. The van der Waals surface area contributed by atoms with Gasteiger partial charge in [-0.15, -0.1) is 0 Å². The lowest BCUT2D eigenvalue weighted by Crippen LogP contribution is -2.44. The predicted octanol–water partition coefficient (Wildman–Crippen LogP) is 2.00. The van der Waals surface area contributed by atoms with Crippen LogP contribution in [0.2, 0.25) is 0 Å². The van der Waals surface area contributed by atoms with Crippen molar-refractivity contribution in [3.63, 3.8) is 0 Å². The van der Waals surface area contributed by atoms with Crippen LogP contribution in [-0.4, -0.2) is 45.4 Å². The van der Waals surface area contributed by atoms with Crippen LogP contribution in [0, 0.1) is 5.92 Å². The van der Waals surface area contributed by atoms with E-state index in [0.29, 0.717) is 6.04 Å². The first kappa shape index (κ1) is 13.9. The molecule has 0 bridgehead atoms. The summed E-state index contributed by atoms with van der Waals surface area (Å²) in [6, 6.07) is 10.8. The molecule has 2 unspecified atom stereocenters. The highest BCUT2D eigenvalue weighted by atomic mass is 15.3. The summed E-state index contributed by atoms with van der Waals surface area (Å²) in [6.45, 7) is 3.26. The molecule has 0 amide bonds. The first-order chi connectivity index (χ1) is 11.9. The van der Waals surface area contributed by atoms with E-state index in [1.807, 2.05) is 41.2 Å². The number of fused-ring (bicyclic) bond motifs is 2. The maximum absolute atomic E-state index is 4.59. The van der Waals surface area contributed by atoms with E-state index in [2.05, 4.69) is 25.3 Å². The minimum Gasteiger partial charge on any atom is -0.356 e. The van der Waals surface area contributed by atoms with Gasteiger partial charge in [0.25, 0.3) is 0 Å². The summed E-state index contributed by atoms with van der Waals surface area (Å²) >= 11 is 0. The lowest BCUT2D eigenvalue weighted by atomic mass is 9.93. The first-order valence-corrected chi connectivity index (χ1v) is 8.62. The van der Waals surface area contributed by atoms with Crippen LogP contribution in [0.25, 0.3) is 16.7 Å². The molecule has 2 atom stereocenters. The molecule has 6 heteroatoms. The van der Waals surface area contributed by atoms with Gasteiger partial charge in [0.15, 0.2) is 5.65 Å². The van der Waals surface area contributed by atoms with Gasteiger partial charge >= 0.3 is 0 Å². The van der Waals surface area contributed by atoms with Gasteiger partial charge in [-0.2, -0.15) is 5.10 Å². The van der Waals surface area contributed by atoms with Gasteiger partial charge in [-0.25, -0.2) is 14.6 Å². The molecule has 24 heavy (non-hydrogen) atoms. The molecule has 2 fully saturated rings. The molecule has 0 aliphatic carbocycles. The van der Waals surface area contributed by atoms with Crippen LogP contribution in [0.3, 0.4) is 0 Å². The van der Waals surface area contributed by atoms with Crippen molar-refractivity contribution in [2.45, 2.75) is 18.9 Å². The second-order valence-electron chi connectivity index (χ2n) is 6.67. The van der Waals surface area contributed by atoms with Gasteiger partial charge in [-0.1, -0.05) is 18.2 Å². The Hall–Kier alpha value is -2.47. The molecule has 122 valence electrons. The molecule has 5 rings (SSSR count). The third-order valence-electron chi connectivity index (χ3n) is 5.30. The SMILES string of the molecule is c1ccc(-n2ncc3c(N4CCC5NCCC5C4)ncnc32)cc1. The maximum Gasteiger partial charge on any atom is 0.168 e. The van der Waals surface area contributed by atoms with Crippen LogP contribution in [0.4, 0.5) is 5.82 Å². The third kappa shape index (κ3) is 2.17. The number of nitrogens with zero attached hydrogens (tertiary/aromatic N) is 5. The van der Waals surface area contributed by atoms with Crippen molar-refractivity contribution >= 4 is 16.9 Å². The van der Waals surface area contributed by atoms with Crippen molar-refractivity contribution < 1.29 is 0 Å². The molecule has 2 aromatic heterocycles. The van der Waals surface area contributed by atoms with Crippen LogP contribution in [-0.2, 0) is 0 Å². The molecule has 6 nitrogen and oxygen atoms in total.